The van der Waals surface area contributed by atoms with Crippen molar-refractivity contribution in [2.45, 2.75) is 6.61 Å². The van der Waals surface area contributed by atoms with Crippen LogP contribution in [-0.4, -0.2) is 5.11 Å². The van der Waals surface area contributed by atoms with E-state index in [1.54, 1.807) is 12.1 Å². The van der Waals surface area contributed by atoms with Gasteiger partial charge in [-0.25, -0.2) is 4.39 Å². The zero-order valence-electron chi connectivity index (χ0n) is 7.40. The van der Waals surface area contributed by atoms with Crippen LogP contribution in [0.1, 0.15) is 5.56 Å². The maximum Gasteiger partial charge on any atom is 0.131 e. The number of hydrogen-bond acceptors (Lipinski definition) is 2. The fraction of sp³-hybridized carbons (Fsp3) is 0.0909. The second-order valence-electron chi connectivity index (χ2n) is 2.95. The lowest BCUT2D eigenvalue weighted by atomic mass is 10.1. The summed E-state index contributed by atoms with van der Waals surface area (Å²) in [7, 11) is 0. The Morgan fingerprint density at radius 3 is 2.79 bits per heavy atom. The van der Waals surface area contributed by atoms with Crippen LogP contribution in [0, 0.1) is 5.82 Å². The molecule has 72 valence electrons. The second-order valence-corrected chi connectivity index (χ2v) is 3.90. The van der Waals surface area contributed by atoms with Crippen molar-refractivity contribution in [2.24, 2.45) is 0 Å². The van der Waals surface area contributed by atoms with Gasteiger partial charge in [-0.2, -0.15) is 0 Å². The van der Waals surface area contributed by atoms with Crippen molar-refractivity contribution in [3.05, 3.63) is 47.1 Å². The molecule has 1 aromatic carbocycles. The van der Waals surface area contributed by atoms with Crippen molar-refractivity contribution in [1.29, 1.82) is 0 Å². The van der Waals surface area contributed by atoms with Gasteiger partial charge in [0.2, 0.25) is 0 Å². The zero-order valence-corrected chi connectivity index (χ0v) is 8.22. The predicted molar refractivity (Wildman–Crippen MR) is 55.6 cm³/mol. The Morgan fingerprint density at radius 2 is 2.14 bits per heavy atom. The van der Waals surface area contributed by atoms with E-state index in [1.165, 1.54) is 17.4 Å². The molecule has 0 amide bonds. The van der Waals surface area contributed by atoms with Crippen LogP contribution in [0.2, 0.25) is 0 Å². The van der Waals surface area contributed by atoms with E-state index >= 15 is 0 Å². The van der Waals surface area contributed by atoms with Crippen molar-refractivity contribution in [3.8, 4) is 10.4 Å². The molecule has 1 heterocycles. The molecule has 1 aromatic heterocycles. The SMILES string of the molecule is OCc1ccc(F)c(-c2cccs2)c1. The van der Waals surface area contributed by atoms with E-state index in [1.807, 2.05) is 17.5 Å². The summed E-state index contributed by atoms with van der Waals surface area (Å²) in [5.74, 6) is -0.246. The predicted octanol–water partition coefficient (Wildman–Crippen LogP) is 3.05. The lowest BCUT2D eigenvalue weighted by Crippen LogP contribution is -1.87. The Morgan fingerprint density at radius 1 is 1.29 bits per heavy atom. The van der Waals surface area contributed by atoms with Crippen molar-refractivity contribution in [1.82, 2.24) is 0 Å². The van der Waals surface area contributed by atoms with Crippen LogP contribution >= 0.6 is 11.3 Å². The molecule has 0 fully saturated rings. The number of halogens is 1. The molecule has 1 nitrogen and oxygen atoms in total. The van der Waals surface area contributed by atoms with Gasteiger partial charge in [-0.15, -0.1) is 11.3 Å². The van der Waals surface area contributed by atoms with Gasteiger partial charge in [0, 0.05) is 10.4 Å². The Kier molecular flexibility index (Phi) is 2.61. The van der Waals surface area contributed by atoms with Crippen LogP contribution in [0.15, 0.2) is 35.7 Å². The average Bonchev–Trinajstić information content (AvgIpc) is 2.71. The van der Waals surface area contributed by atoms with Crippen LogP contribution in [0.4, 0.5) is 4.39 Å². The van der Waals surface area contributed by atoms with E-state index in [-0.39, 0.29) is 12.4 Å². The van der Waals surface area contributed by atoms with Crippen molar-refractivity contribution in [3.63, 3.8) is 0 Å². The molecule has 0 saturated carbocycles. The topological polar surface area (TPSA) is 20.2 Å². The summed E-state index contributed by atoms with van der Waals surface area (Å²) in [6.07, 6.45) is 0. The van der Waals surface area contributed by atoms with Gasteiger partial charge in [-0.3, -0.25) is 0 Å². The van der Waals surface area contributed by atoms with Crippen LogP contribution in [0.25, 0.3) is 10.4 Å². The summed E-state index contributed by atoms with van der Waals surface area (Å²) in [5.41, 5.74) is 1.29. The third-order valence-electron chi connectivity index (χ3n) is 2.00. The van der Waals surface area contributed by atoms with E-state index < -0.39 is 0 Å². The normalized spacial score (nSPS) is 10.4. The standard InChI is InChI=1S/C11H9FOS/c12-10-4-3-8(7-13)6-9(10)11-2-1-5-14-11/h1-6,13H,7H2. The molecule has 0 aliphatic carbocycles. The number of hydrogen-bond donors (Lipinski definition) is 1. The summed E-state index contributed by atoms with van der Waals surface area (Å²) < 4.78 is 13.4. The lowest BCUT2D eigenvalue weighted by Gasteiger charge is -2.02. The highest BCUT2D eigenvalue weighted by Gasteiger charge is 2.06. The number of aliphatic hydroxyl groups excluding tert-OH is 1. The minimum absolute atomic E-state index is 0.0569. The van der Waals surface area contributed by atoms with E-state index in [4.69, 9.17) is 5.11 Å². The van der Waals surface area contributed by atoms with E-state index in [2.05, 4.69) is 0 Å². The Hall–Kier alpha value is -1.19. The van der Waals surface area contributed by atoms with Gasteiger partial charge in [0.1, 0.15) is 5.82 Å². The molecule has 14 heavy (non-hydrogen) atoms. The quantitative estimate of drug-likeness (QED) is 0.804. The first-order valence-electron chi connectivity index (χ1n) is 4.24. The minimum Gasteiger partial charge on any atom is -0.392 e. The molecule has 0 bridgehead atoms. The summed E-state index contributed by atoms with van der Waals surface area (Å²) in [5, 5.41) is 10.8. The highest BCUT2D eigenvalue weighted by molar-refractivity contribution is 7.13. The highest BCUT2D eigenvalue weighted by Crippen LogP contribution is 2.27. The Bertz CT molecular complexity index is 423. The molecule has 0 saturated heterocycles. The highest BCUT2D eigenvalue weighted by atomic mass is 32.1. The van der Waals surface area contributed by atoms with Gasteiger partial charge in [-0.1, -0.05) is 12.1 Å². The van der Waals surface area contributed by atoms with Crippen LogP contribution in [0.5, 0.6) is 0 Å². The van der Waals surface area contributed by atoms with E-state index in [9.17, 15) is 4.39 Å². The number of aliphatic hydroxyl groups is 1. The summed E-state index contributed by atoms with van der Waals surface area (Å²) in [6, 6.07) is 8.41. The molecule has 0 atom stereocenters. The second kappa shape index (κ2) is 3.90. The monoisotopic (exact) mass is 208 g/mol. The van der Waals surface area contributed by atoms with Gasteiger partial charge in [-0.05, 0) is 29.1 Å². The zero-order chi connectivity index (χ0) is 9.97. The first kappa shape index (κ1) is 9.37. The Labute approximate surface area is 85.5 Å². The van der Waals surface area contributed by atoms with Gasteiger partial charge in [0.15, 0.2) is 0 Å². The first-order valence-corrected chi connectivity index (χ1v) is 5.12. The Balaban J connectivity index is 2.51. The maximum atomic E-state index is 13.4. The molecular weight excluding hydrogens is 199 g/mol. The molecule has 0 aliphatic heterocycles. The smallest absolute Gasteiger partial charge is 0.131 e. The largest absolute Gasteiger partial charge is 0.392 e. The van der Waals surface area contributed by atoms with Crippen LogP contribution < -0.4 is 0 Å². The third-order valence-corrected chi connectivity index (χ3v) is 2.90. The average molecular weight is 208 g/mol. The molecule has 0 unspecified atom stereocenters. The van der Waals surface area contributed by atoms with Crippen LogP contribution in [-0.2, 0) is 6.61 Å². The van der Waals surface area contributed by atoms with E-state index in [0.29, 0.717) is 5.56 Å². The van der Waals surface area contributed by atoms with Crippen molar-refractivity contribution in [2.75, 3.05) is 0 Å². The van der Waals surface area contributed by atoms with Crippen molar-refractivity contribution >= 4 is 11.3 Å². The lowest BCUT2D eigenvalue weighted by molar-refractivity contribution is 0.282. The fourth-order valence-electron chi connectivity index (χ4n) is 1.29. The van der Waals surface area contributed by atoms with Crippen LogP contribution in [0.3, 0.4) is 0 Å². The molecule has 3 heteroatoms. The minimum atomic E-state index is -0.246. The molecular formula is C11H9FOS. The van der Waals surface area contributed by atoms with Gasteiger partial charge >= 0.3 is 0 Å². The first-order chi connectivity index (χ1) is 6.81. The number of thiophene rings is 1. The van der Waals surface area contributed by atoms with Gasteiger partial charge in [0.25, 0.3) is 0 Å². The van der Waals surface area contributed by atoms with Crippen molar-refractivity contribution < 1.29 is 9.50 Å². The molecule has 2 rings (SSSR count). The summed E-state index contributed by atoms with van der Waals surface area (Å²) in [4.78, 5) is 0.887. The van der Waals surface area contributed by atoms with Gasteiger partial charge < -0.3 is 5.11 Å². The summed E-state index contributed by atoms with van der Waals surface area (Å²) >= 11 is 1.49. The molecule has 2 aromatic rings. The molecule has 0 aliphatic rings. The maximum absolute atomic E-state index is 13.4. The number of benzene rings is 1. The molecule has 1 N–H and O–H groups in total. The fourth-order valence-corrected chi connectivity index (χ4v) is 2.04. The molecule has 0 radical (unpaired) electrons. The van der Waals surface area contributed by atoms with Gasteiger partial charge in [0.05, 0.1) is 6.61 Å². The summed E-state index contributed by atoms with van der Waals surface area (Å²) in [6.45, 7) is -0.0569. The number of rotatable bonds is 2. The molecule has 0 spiro atoms. The third kappa shape index (κ3) is 1.69. The van der Waals surface area contributed by atoms with E-state index in [0.717, 1.165) is 10.4 Å².